The molecule has 0 unspecified atom stereocenters. The van der Waals surface area contributed by atoms with Crippen molar-refractivity contribution in [1.82, 2.24) is 9.80 Å². The average Bonchev–Trinajstić information content (AvgIpc) is 2.87. The number of nitrogens with zero attached hydrogens (tertiary/aromatic N) is 3. The van der Waals surface area contributed by atoms with Crippen molar-refractivity contribution >= 4 is 34.6 Å². The van der Waals surface area contributed by atoms with E-state index in [9.17, 15) is 0 Å². The van der Waals surface area contributed by atoms with Gasteiger partial charge in [0, 0.05) is 31.1 Å². The fourth-order valence-corrected chi connectivity index (χ4v) is 4.26. The van der Waals surface area contributed by atoms with Gasteiger partial charge in [-0.05, 0) is 43.3 Å². The largest absolute Gasteiger partial charge is 0.397 e. The van der Waals surface area contributed by atoms with E-state index in [0.29, 0.717) is 6.42 Å². The number of allylic oxidation sites excluding steroid dienone is 5. The minimum absolute atomic E-state index is 0.678. The molecule has 2 N–H and O–H groups in total. The van der Waals surface area contributed by atoms with E-state index in [4.69, 9.17) is 28.9 Å². The van der Waals surface area contributed by atoms with Gasteiger partial charge in [0.15, 0.2) is 0 Å². The highest BCUT2D eigenvalue weighted by Crippen LogP contribution is 2.33. The van der Waals surface area contributed by atoms with E-state index in [-0.39, 0.29) is 0 Å². The van der Waals surface area contributed by atoms with Gasteiger partial charge in [-0.3, -0.25) is 4.90 Å². The predicted octanol–water partition coefficient (Wildman–Crippen LogP) is 5.11. The Bertz CT molecular complexity index is 781. The second kappa shape index (κ2) is 9.73. The third-order valence-corrected chi connectivity index (χ3v) is 6.06. The highest BCUT2D eigenvalue weighted by molar-refractivity contribution is 6.33. The first kappa shape index (κ1) is 21.1. The van der Waals surface area contributed by atoms with Gasteiger partial charge in [-0.1, -0.05) is 55.3 Å². The van der Waals surface area contributed by atoms with Crippen LogP contribution in [0, 0.1) is 0 Å². The van der Waals surface area contributed by atoms with Gasteiger partial charge < -0.3 is 15.5 Å². The van der Waals surface area contributed by atoms with Crippen molar-refractivity contribution in [2.45, 2.75) is 33.2 Å². The van der Waals surface area contributed by atoms with Gasteiger partial charge >= 0.3 is 0 Å². The van der Waals surface area contributed by atoms with Crippen LogP contribution < -0.4 is 10.6 Å². The van der Waals surface area contributed by atoms with Gasteiger partial charge in [-0.25, -0.2) is 0 Å². The molecule has 1 fully saturated rings. The number of hydrogen-bond donors (Lipinski definition) is 1. The normalized spacial score (nSPS) is 18.0. The van der Waals surface area contributed by atoms with Crippen LogP contribution in [-0.2, 0) is 6.54 Å². The molecule has 6 heteroatoms. The topological polar surface area (TPSA) is 35.7 Å². The summed E-state index contributed by atoms with van der Waals surface area (Å²) in [4.78, 5) is 7.13. The lowest BCUT2D eigenvalue weighted by molar-refractivity contribution is 0.291. The van der Waals surface area contributed by atoms with Crippen LogP contribution in [0.1, 0.15) is 32.3 Å². The van der Waals surface area contributed by atoms with Crippen molar-refractivity contribution in [2.75, 3.05) is 43.5 Å². The van der Waals surface area contributed by atoms with E-state index in [1.807, 2.05) is 24.3 Å². The van der Waals surface area contributed by atoms with Crippen molar-refractivity contribution in [2.24, 2.45) is 0 Å². The smallest absolute Gasteiger partial charge is 0.0904 e. The third-order valence-electron chi connectivity index (χ3n) is 5.44. The molecule has 0 radical (unpaired) electrons. The summed E-state index contributed by atoms with van der Waals surface area (Å²) in [5.41, 5.74) is 10.8. The number of nitrogens with two attached hydrogens (primary N) is 1. The molecule has 28 heavy (non-hydrogen) atoms. The Kier molecular flexibility index (Phi) is 7.33. The molecule has 0 aromatic heterocycles. The Labute approximate surface area is 178 Å². The molecule has 1 aliphatic carbocycles. The number of nitrogen functional groups attached to an aromatic ring is 1. The monoisotopic (exact) mass is 420 g/mol. The minimum atomic E-state index is 0.678. The van der Waals surface area contributed by atoms with Crippen LogP contribution in [0.15, 0.2) is 52.2 Å². The van der Waals surface area contributed by atoms with Crippen molar-refractivity contribution in [3.8, 4) is 0 Å². The summed E-state index contributed by atoms with van der Waals surface area (Å²) in [7, 11) is 0. The molecule has 1 heterocycles. The second-order valence-corrected chi connectivity index (χ2v) is 8.15. The van der Waals surface area contributed by atoms with Crippen molar-refractivity contribution < 1.29 is 0 Å². The predicted molar refractivity (Wildman–Crippen MR) is 122 cm³/mol. The van der Waals surface area contributed by atoms with Gasteiger partial charge in [0.2, 0.25) is 0 Å². The Morgan fingerprint density at radius 2 is 1.82 bits per heavy atom. The van der Waals surface area contributed by atoms with Gasteiger partial charge in [-0.15, -0.1) is 0 Å². The van der Waals surface area contributed by atoms with Gasteiger partial charge in [0.1, 0.15) is 0 Å². The maximum Gasteiger partial charge on any atom is 0.0904 e. The van der Waals surface area contributed by atoms with Crippen molar-refractivity contribution in [3.05, 3.63) is 57.8 Å². The van der Waals surface area contributed by atoms with E-state index in [2.05, 4.69) is 40.7 Å². The van der Waals surface area contributed by atoms with Crippen LogP contribution >= 0.6 is 23.2 Å². The van der Waals surface area contributed by atoms with E-state index >= 15 is 0 Å². The lowest BCUT2D eigenvalue weighted by Crippen LogP contribution is -2.45. The number of benzene rings is 1. The lowest BCUT2D eigenvalue weighted by Gasteiger charge is -2.40. The molecule has 3 rings (SSSR count). The van der Waals surface area contributed by atoms with Gasteiger partial charge in [-0.2, -0.15) is 0 Å². The molecular formula is C22H30Cl2N4. The molecule has 1 aromatic carbocycles. The molecule has 1 saturated heterocycles. The molecule has 0 spiro atoms. The van der Waals surface area contributed by atoms with Crippen LogP contribution in [0.5, 0.6) is 0 Å². The van der Waals surface area contributed by atoms with Crippen LogP contribution in [-0.4, -0.2) is 42.6 Å². The first-order chi connectivity index (χ1) is 13.5. The molecule has 0 bridgehead atoms. The standard InChI is InChI=1S/C22H30Cl2N4/c1-3-26(4-2)15-17-7-5-8-20(25)22(17)28-14-6-13-27(16-28)21-12-10-18(23)9-11-19(21)24/h5,7-8,10-12H,3-4,6,9,13-16,25H2,1-2H3. The summed E-state index contributed by atoms with van der Waals surface area (Å²) in [6.07, 6.45) is 7.70. The maximum atomic E-state index is 6.56. The number of para-hydroxylation sites is 1. The molecule has 0 amide bonds. The van der Waals surface area contributed by atoms with Crippen molar-refractivity contribution in [1.29, 1.82) is 0 Å². The number of halogens is 2. The molecule has 0 atom stereocenters. The van der Waals surface area contributed by atoms with Crippen LogP contribution in [0.4, 0.5) is 11.4 Å². The molecule has 1 aromatic rings. The van der Waals surface area contributed by atoms with E-state index in [1.165, 1.54) is 5.56 Å². The fourth-order valence-electron chi connectivity index (χ4n) is 3.86. The first-order valence-electron chi connectivity index (χ1n) is 10.1. The summed E-state index contributed by atoms with van der Waals surface area (Å²) in [5, 5.41) is 1.56. The number of anilines is 2. The summed E-state index contributed by atoms with van der Waals surface area (Å²) >= 11 is 12.8. The van der Waals surface area contributed by atoms with Crippen LogP contribution in [0.3, 0.4) is 0 Å². The summed E-state index contributed by atoms with van der Waals surface area (Å²) < 4.78 is 0. The zero-order valence-electron chi connectivity index (χ0n) is 16.8. The van der Waals surface area contributed by atoms with E-state index in [0.717, 1.165) is 72.9 Å². The van der Waals surface area contributed by atoms with Crippen LogP contribution in [0.2, 0.25) is 0 Å². The third kappa shape index (κ3) is 4.86. The first-order valence-corrected chi connectivity index (χ1v) is 10.8. The fraction of sp³-hybridized carbons (Fsp3) is 0.455. The summed E-state index contributed by atoms with van der Waals surface area (Å²) in [6.45, 7) is 10.1. The molecular weight excluding hydrogens is 391 g/mol. The average molecular weight is 421 g/mol. The Morgan fingerprint density at radius 1 is 1.07 bits per heavy atom. The van der Waals surface area contributed by atoms with Gasteiger partial charge in [0.25, 0.3) is 0 Å². The molecule has 4 nitrogen and oxygen atoms in total. The molecule has 0 saturated carbocycles. The SMILES string of the molecule is CCN(CC)Cc1cccc(N)c1N1CCCN(C2=CC=C(Cl)CC=C2Cl)C1. The Morgan fingerprint density at radius 3 is 2.57 bits per heavy atom. The minimum Gasteiger partial charge on any atom is -0.397 e. The summed E-state index contributed by atoms with van der Waals surface area (Å²) in [5.74, 6) is 0. The van der Waals surface area contributed by atoms with E-state index in [1.54, 1.807) is 0 Å². The zero-order valence-corrected chi connectivity index (χ0v) is 18.3. The molecule has 152 valence electrons. The number of rotatable bonds is 6. The summed E-state index contributed by atoms with van der Waals surface area (Å²) in [6, 6.07) is 6.25. The molecule has 1 aliphatic heterocycles. The Hall–Kier alpha value is -1.62. The lowest BCUT2D eigenvalue weighted by atomic mass is 10.1. The van der Waals surface area contributed by atoms with Crippen molar-refractivity contribution in [3.63, 3.8) is 0 Å². The van der Waals surface area contributed by atoms with Gasteiger partial charge in [0.05, 0.1) is 28.8 Å². The zero-order chi connectivity index (χ0) is 20.1. The quantitative estimate of drug-likeness (QED) is 0.648. The molecule has 2 aliphatic rings. The number of hydrogen-bond acceptors (Lipinski definition) is 4. The Balaban J connectivity index is 1.87. The maximum absolute atomic E-state index is 6.56. The van der Waals surface area contributed by atoms with E-state index < -0.39 is 0 Å². The highest BCUT2D eigenvalue weighted by Gasteiger charge is 2.24. The highest BCUT2D eigenvalue weighted by atomic mass is 35.5. The van der Waals surface area contributed by atoms with Crippen LogP contribution in [0.25, 0.3) is 0 Å². The second-order valence-electron chi connectivity index (χ2n) is 7.26.